The summed E-state index contributed by atoms with van der Waals surface area (Å²) in [5, 5.41) is 8.59. The van der Waals surface area contributed by atoms with Crippen LogP contribution in [0.1, 0.15) is 18.0 Å². The van der Waals surface area contributed by atoms with Crippen LogP contribution in [0.5, 0.6) is 0 Å². The van der Waals surface area contributed by atoms with Crippen LogP contribution in [-0.2, 0) is 4.79 Å². The molecule has 5 heteroatoms. The standard InChI is InChI=1S/C9H9Br2NO2/c10-5-1-2-6(7(11)3-5)8(12)4-9(13)14/h1-3,8H,4,12H2,(H,13,14). The first kappa shape index (κ1) is 11.7. The lowest BCUT2D eigenvalue weighted by Crippen LogP contribution is -2.15. The largest absolute Gasteiger partial charge is 0.481 e. The summed E-state index contributed by atoms with van der Waals surface area (Å²) in [6.45, 7) is 0. The van der Waals surface area contributed by atoms with Gasteiger partial charge in [0, 0.05) is 15.0 Å². The molecule has 0 aliphatic carbocycles. The van der Waals surface area contributed by atoms with Crippen molar-refractivity contribution >= 4 is 37.8 Å². The molecule has 1 aromatic rings. The molecule has 0 bridgehead atoms. The number of aliphatic carboxylic acids is 1. The van der Waals surface area contributed by atoms with E-state index in [1.54, 1.807) is 0 Å². The Balaban J connectivity index is 2.90. The van der Waals surface area contributed by atoms with Gasteiger partial charge < -0.3 is 10.8 Å². The van der Waals surface area contributed by atoms with Gasteiger partial charge in [0.1, 0.15) is 0 Å². The molecule has 0 radical (unpaired) electrons. The highest BCUT2D eigenvalue weighted by molar-refractivity contribution is 9.11. The summed E-state index contributed by atoms with van der Waals surface area (Å²) < 4.78 is 1.75. The van der Waals surface area contributed by atoms with Crippen LogP contribution < -0.4 is 5.73 Å². The number of carboxylic acid groups (broad SMARTS) is 1. The number of halogens is 2. The van der Waals surface area contributed by atoms with Crippen molar-refractivity contribution in [3.63, 3.8) is 0 Å². The second-order valence-corrected chi connectivity index (χ2v) is 4.64. The van der Waals surface area contributed by atoms with Crippen molar-refractivity contribution in [2.75, 3.05) is 0 Å². The molecule has 0 aliphatic heterocycles. The Morgan fingerprint density at radius 3 is 2.64 bits per heavy atom. The molecule has 0 saturated heterocycles. The third-order valence-corrected chi connectivity index (χ3v) is 2.94. The van der Waals surface area contributed by atoms with Gasteiger partial charge in [0.15, 0.2) is 0 Å². The van der Waals surface area contributed by atoms with Crippen molar-refractivity contribution in [3.05, 3.63) is 32.7 Å². The lowest BCUT2D eigenvalue weighted by Gasteiger charge is -2.11. The van der Waals surface area contributed by atoms with Gasteiger partial charge in [0.25, 0.3) is 0 Å². The molecule has 0 amide bonds. The molecule has 1 aromatic carbocycles. The smallest absolute Gasteiger partial charge is 0.305 e. The van der Waals surface area contributed by atoms with Crippen LogP contribution in [0, 0.1) is 0 Å². The second kappa shape index (κ2) is 4.91. The van der Waals surface area contributed by atoms with Crippen LogP contribution in [0.25, 0.3) is 0 Å². The van der Waals surface area contributed by atoms with Crippen molar-refractivity contribution in [2.24, 2.45) is 5.73 Å². The van der Waals surface area contributed by atoms with Crippen LogP contribution in [-0.4, -0.2) is 11.1 Å². The zero-order chi connectivity index (χ0) is 10.7. The zero-order valence-corrected chi connectivity index (χ0v) is 10.4. The maximum atomic E-state index is 10.5. The Morgan fingerprint density at radius 2 is 2.14 bits per heavy atom. The minimum absolute atomic E-state index is 0.0692. The number of carbonyl (C=O) groups is 1. The summed E-state index contributed by atoms with van der Waals surface area (Å²) in [6, 6.07) is 5.01. The SMILES string of the molecule is NC(CC(=O)O)c1ccc(Br)cc1Br. The highest BCUT2D eigenvalue weighted by Gasteiger charge is 2.13. The highest BCUT2D eigenvalue weighted by Crippen LogP contribution is 2.27. The van der Waals surface area contributed by atoms with Crippen LogP contribution in [0.4, 0.5) is 0 Å². The first-order valence-corrected chi connectivity index (χ1v) is 5.51. The maximum absolute atomic E-state index is 10.5. The summed E-state index contributed by atoms with van der Waals surface area (Å²) in [5.41, 5.74) is 6.52. The summed E-state index contributed by atoms with van der Waals surface area (Å²) in [6.07, 6.45) is -0.0692. The van der Waals surface area contributed by atoms with Crippen LogP contribution >= 0.6 is 31.9 Å². The Labute approximate surface area is 98.6 Å². The molecule has 1 unspecified atom stereocenters. The predicted octanol–water partition coefficient (Wildman–Crippen LogP) is 2.69. The normalized spacial score (nSPS) is 12.5. The summed E-state index contributed by atoms with van der Waals surface area (Å²) >= 11 is 6.64. The average Bonchev–Trinajstić information content (AvgIpc) is 2.01. The van der Waals surface area contributed by atoms with Crippen LogP contribution in [0.3, 0.4) is 0 Å². The van der Waals surface area contributed by atoms with Crippen molar-refractivity contribution in [1.82, 2.24) is 0 Å². The van der Waals surface area contributed by atoms with Crippen molar-refractivity contribution < 1.29 is 9.90 Å². The number of hydrogen-bond donors (Lipinski definition) is 2. The molecule has 3 N–H and O–H groups in total. The van der Waals surface area contributed by atoms with Gasteiger partial charge in [-0.15, -0.1) is 0 Å². The molecule has 1 atom stereocenters. The number of carboxylic acids is 1. The number of benzene rings is 1. The van der Waals surface area contributed by atoms with Crippen molar-refractivity contribution in [1.29, 1.82) is 0 Å². The number of nitrogens with two attached hydrogens (primary N) is 1. The van der Waals surface area contributed by atoms with E-state index < -0.39 is 12.0 Å². The molecular weight excluding hydrogens is 314 g/mol. The third kappa shape index (κ3) is 3.08. The van der Waals surface area contributed by atoms with E-state index in [9.17, 15) is 4.79 Å². The molecule has 0 heterocycles. The molecule has 3 nitrogen and oxygen atoms in total. The first-order valence-electron chi connectivity index (χ1n) is 3.93. The van der Waals surface area contributed by atoms with Crippen molar-refractivity contribution in [2.45, 2.75) is 12.5 Å². The zero-order valence-electron chi connectivity index (χ0n) is 7.21. The predicted molar refractivity (Wildman–Crippen MR) is 61.0 cm³/mol. The van der Waals surface area contributed by atoms with Gasteiger partial charge in [-0.1, -0.05) is 37.9 Å². The van der Waals surface area contributed by atoms with Gasteiger partial charge >= 0.3 is 5.97 Å². The van der Waals surface area contributed by atoms with Gasteiger partial charge in [-0.3, -0.25) is 4.79 Å². The van der Waals surface area contributed by atoms with E-state index in [2.05, 4.69) is 31.9 Å². The average molecular weight is 323 g/mol. The Hall–Kier alpha value is -0.390. The minimum Gasteiger partial charge on any atom is -0.481 e. The van der Waals surface area contributed by atoms with E-state index in [1.165, 1.54) is 0 Å². The van der Waals surface area contributed by atoms with Crippen LogP contribution in [0.15, 0.2) is 27.1 Å². The van der Waals surface area contributed by atoms with E-state index in [1.807, 2.05) is 18.2 Å². The lowest BCUT2D eigenvalue weighted by molar-refractivity contribution is -0.137. The second-order valence-electron chi connectivity index (χ2n) is 2.87. The molecule has 76 valence electrons. The molecule has 0 fully saturated rings. The van der Waals surface area contributed by atoms with Gasteiger partial charge in [0.05, 0.1) is 6.42 Å². The number of hydrogen-bond acceptors (Lipinski definition) is 2. The Kier molecular flexibility index (Phi) is 4.10. The first-order chi connectivity index (χ1) is 6.50. The molecule has 1 rings (SSSR count). The van der Waals surface area contributed by atoms with E-state index in [0.717, 1.165) is 14.5 Å². The van der Waals surface area contributed by atoms with Gasteiger partial charge in [0.2, 0.25) is 0 Å². The Morgan fingerprint density at radius 1 is 1.50 bits per heavy atom. The van der Waals surface area contributed by atoms with Gasteiger partial charge in [-0.2, -0.15) is 0 Å². The third-order valence-electron chi connectivity index (χ3n) is 1.76. The lowest BCUT2D eigenvalue weighted by atomic mass is 10.1. The molecule has 0 saturated carbocycles. The van der Waals surface area contributed by atoms with E-state index in [0.29, 0.717) is 0 Å². The highest BCUT2D eigenvalue weighted by atomic mass is 79.9. The Bertz CT molecular complexity index is 355. The molecule has 14 heavy (non-hydrogen) atoms. The van der Waals surface area contributed by atoms with Gasteiger partial charge in [-0.05, 0) is 17.7 Å². The van der Waals surface area contributed by atoms with Crippen molar-refractivity contribution in [3.8, 4) is 0 Å². The molecule has 0 aliphatic rings. The van der Waals surface area contributed by atoms with E-state index in [-0.39, 0.29) is 6.42 Å². The molecule has 0 spiro atoms. The summed E-state index contributed by atoms with van der Waals surface area (Å²) in [7, 11) is 0. The van der Waals surface area contributed by atoms with Crippen LogP contribution in [0.2, 0.25) is 0 Å². The van der Waals surface area contributed by atoms with E-state index >= 15 is 0 Å². The summed E-state index contributed by atoms with van der Waals surface area (Å²) in [5.74, 6) is -0.896. The maximum Gasteiger partial charge on any atom is 0.305 e. The molecular formula is C9H9Br2NO2. The monoisotopic (exact) mass is 321 g/mol. The topological polar surface area (TPSA) is 63.3 Å². The fourth-order valence-corrected chi connectivity index (χ4v) is 2.44. The quantitative estimate of drug-likeness (QED) is 0.899. The minimum atomic E-state index is -0.896. The fourth-order valence-electron chi connectivity index (χ4n) is 1.10. The summed E-state index contributed by atoms with van der Waals surface area (Å²) in [4.78, 5) is 10.5. The number of rotatable bonds is 3. The van der Waals surface area contributed by atoms with Gasteiger partial charge in [-0.25, -0.2) is 0 Å². The fraction of sp³-hybridized carbons (Fsp3) is 0.222. The van der Waals surface area contributed by atoms with E-state index in [4.69, 9.17) is 10.8 Å². The molecule has 0 aromatic heterocycles.